The Morgan fingerprint density at radius 2 is 2.25 bits per heavy atom. The van der Waals surface area contributed by atoms with E-state index in [2.05, 4.69) is 6.07 Å². The molecule has 4 nitrogen and oxygen atoms in total. The molecule has 16 heavy (non-hydrogen) atoms. The second-order valence-corrected chi connectivity index (χ2v) is 4.05. The Morgan fingerprint density at radius 3 is 2.94 bits per heavy atom. The SMILES string of the molecule is Cc1cc(CCN)c2c(c1)N(C)C(=O)CO2. The number of carbonyl (C=O) groups is 1. The Labute approximate surface area is 95.0 Å². The number of nitrogens with two attached hydrogens (primary N) is 1. The van der Waals surface area contributed by atoms with Gasteiger partial charge in [0.1, 0.15) is 5.75 Å². The molecule has 1 amide bonds. The molecule has 1 aromatic carbocycles. The van der Waals surface area contributed by atoms with Crippen LogP contribution in [0.25, 0.3) is 0 Å². The average molecular weight is 220 g/mol. The van der Waals surface area contributed by atoms with E-state index in [0.29, 0.717) is 6.54 Å². The number of aryl methyl sites for hydroxylation is 1. The maximum absolute atomic E-state index is 11.5. The molecule has 1 aliphatic heterocycles. The third-order valence-electron chi connectivity index (χ3n) is 2.78. The molecule has 86 valence electrons. The number of ether oxygens (including phenoxy) is 1. The van der Waals surface area contributed by atoms with Gasteiger partial charge in [-0.2, -0.15) is 0 Å². The molecule has 0 bridgehead atoms. The Hall–Kier alpha value is -1.55. The number of likely N-dealkylation sites (N-methyl/N-ethyl adjacent to an activating group) is 1. The largest absolute Gasteiger partial charge is 0.481 e. The summed E-state index contributed by atoms with van der Waals surface area (Å²) in [6.45, 7) is 2.70. The first-order valence-electron chi connectivity index (χ1n) is 5.36. The molecule has 0 unspecified atom stereocenters. The summed E-state index contributed by atoms with van der Waals surface area (Å²) >= 11 is 0. The van der Waals surface area contributed by atoms with Crippen molar-refractivity contribution in [2.45, 2.75) is 13.3 Å². The summed E-state index contributed by atoms with van der Waals surface area (Å²) in [5.41, 5.74) is 8.61. The smallest absolute Gasteiger partial charge is 0.264 e. The van der Waals surface area contributed by atoms with E-state index in [1.54, 1.807) is 11.9 Å². The highest BCUT2D eigenvalue weighted by atomic mass is 16.5. The van der Waals surface area contributed by atoms with Gasteiger partial charge in [-0.05, 0) is 37.1 Å². The first-order valence-corrected chi connectivity index (χ1v) is 5.36. The van der Waals surface area contributed by atoms with Crippen molar-refractivity contribution in [2.24, 2.45) is 5.73 Å². The summed E-state index contributed by atoms with van der Waals surface area (Å²) in [4.78, 5) is 13.2. The molecule has 0 aliphatic carbocycles. The van der Waals surface area contributed by atoms with Gasteiger partial charge < -0.3 is 15.4 Å². The van der Waals surface area contributed by atoms with Crippen LogP contribution >= 0.6 is 0 Å². The minimum absolute atomic E-state index is 0.0169. The molecule has 0 saturated carbocycles. The van der Waals surface area contributed by atoms with E-state index in [1.165, 1.54) is 0 Å². The first kappa shape index (κ1) is 11.0. The van der Waals surface area contributed by atoms with Crippen molar-refractivity contribution in [3.63, 3.8) is 0 Å². The van der Waals surface area contributed by atoms with Crippen LogP contribution in [0.3, 0.4) is 0 Å². The van der Waals surface area contributed by atoms with Crippen LogP contribution in [0.4, 0.5) is 5.69 Å². The Kier molecular flexibility index (Phi) is 2.83. The Morgan fingerprint density at radius 1 is 1.50 bits per heavy atom. The summed E-state index contributed by atoms with van der Waals surface area (Å²) in [5, 5.41) is 0. The van der Waals surface area contributed by atoms with Gasteiger partial charge in [-0.25, -0.2) is 0 Å². The summed E-state index contributed by atoms with van der Waals surface area (Å²) in [6.07, 6.45) is 0.770. The number of carbonyl (C=O) groups excluding carboxylic acids is 1. The zero-order chi connectivity index (χ0) is 11.7. The number of anilines is 1. The van der Waals surface area contributed by atoms with Crippen LogP contribution in [0.15, 0.2) is 12.1 Å². The van der Waals surface area contributed by atoms with Crippen LogP contribution in [-0.2, 0) is 11.2 Å². The lowest BCUT2D eigenvalue weighted by molar-refractivity contribution is -0.121. The predicted molar refractivity (Wildman–Crippen MR) is 62.8 cm³/mol. The monoisotopic (exact) mass is 220 g/mol. The Bertz CT molecular complexity index is 429. The third kappa shape index (κ3) is 1.76. The van der Waals surface area contributed by atoms with Crippen molar-refractivity contribution in [1.82, 2.24) is 0 Å². The maximum atomic E-state index is 11.5. The number of rotatable bonds is 2. The van der Waals surface area contributed by atoms with Crippen molar-refractivity contribution in [1.29, 1.82) is 0 Å². The summed E-state index contributed by atoms with van der Waals surface area (Å²) < 4.78 is 5.50. The highest BCUT2D eigenvalue weighted by molar-refractivity contribution is 5.97. The first-order chi connectivity index (χ1) is 7.63. The van der Waals surface area contributed by atoms with Crippen LogP contribution in [0.2, 0.25) is 0 Å². The molecule has 0 radical (unpaired) electrons. The van der Waals surface area contributed by atoms with Gasteiger partial charge in [0, 0.05) is 7.05 Å². The highest BCUT2D eigenvalue weighted by Crippen LogP contribution is 2.35. The lowest BCUT2D eigenvalue weighted by Crippen LogP contribution is -2.36. The van der Waals surface area contributed by atoms with Gasteiger partial charge in [0.25, 0.3) is 5.91 Å². The van der Waals surface area contributed by atoms with E-state index < -0.39 is 0 Å². The molecular formula is C12H16N2O2. The zero-order valence-corrected chi connectivity index (χ0v) is 9.62. The molecule has 0 saturated heterocycles. The second-order valence-electron chi connectivity index (χ2n) is 4.05. The minimum atomic E-state index is -0.0169. The fourth-order valence-electron chi connectivity index (χ4n) is 1.95. The summed E-state index contributed by atoms with van der Waals surface area (Å²) in [7, 11) is 1.77. The van der Waals surface area contributed by atoms with Crippen LogP contribution in [0.1, 0.15) is 11.1 Å². The molecule has 0 spiro atoms. The van der Waals surface area contributed by atoms with Crippen molar-refractivity contribution < 1.29 is 9.53 Å². The summed E-state index contributed by atoms with van der Waals surface area (Å²) in [6, 6.07) is 4.03. The van der Waals surface area contributed by atoms with Crippen molar-refractivity contribution in [2.75, 3.05) is 25.1 Å². The van der Waals surface area contributed by atoms with Crippen LogP contribution in [-0.4, -0.2) is 26.1 Å². The third-order valence-corrected chi connectivity index (χ3v) is 2.78. The molecule has 2 rings (SSSR count). The number of hydrogen-bond donors (Lipinski definition) is 1. The fraction of sp³-hybridized carbons (Fsp3) is 0.417. The lowest BCUT2D eigenvalue weighted by Gasteiger charge is -2.28. The van der Waals surface area contributed by atoms with Crippen molar-refractivity contribution in [3.05, 3.63) is 23.3 Å². The molecule has 1 heterocycles. The number of nitrogens with zero attached hydrogens (tertiary/aromatic N) is 1. The second kappa shape index (κ2) is 4.14. The van der Waals surface area contributed by atoms with Crippen molar-refractivity contribution in [3.8, 4) is 5.75 Å². The normalized spacial score (nSPS) is 14.7. The molecule has 2 N–H and O–H groups in total. The topological polar surface area (TPSA) is 55.6 Å². The fourth-order valence-corrected chi connectivity index (χ4v) is 1.95. The Balaban J connectivity index is 2.51. The van der Waals surface area contributed by atoms with E-state index in [1.807, 2.05) is 13.0 Å². The van der Waals surface area contributed by atoms with Gasteiger partial charge in [-0.1, -0.05) is 6.07 Å². The summed E-state index contributed by atoms with van der Waals surface area (Å²) in [5.74, 6) is 0.787. The number of hydrogen-bond acceptors (Lipinski definition) is 3. The maximum Gasteiger partial charge on any atom is 0.264 e. The highest BCUT2D eigenvalue weighted by Gasteiger charge is 2.24. The molecule has 0 fully saturated rings. The lowest BCUT2D eigenvalue weighted by atomic mass is 10.0. The molecule has 0 atom stereocenters. The zero-order valence-electron chi connectivity index (χ0n) is 9.62. The quantitative estimate of drug-likeness (QED) is 0.804. The van der Waals surface area contributed by atoms with Crippen LogP contribution < -0.4 is 15.4 Å². The molecule has 4 heteroatoms. The van der Waals surface area contributed by atoms with E-state index in [-0.39, 0.29) is 12.5 Å². The van der Waals surface area contributed by atoms with E-state index >= 15 is 0 Å². The number of amides is 1. The number of benzene rings is 1. The average Bonchev–Trinajstić information content (AvgIpc) is 2.24. The van der Waals surface area contributed by atoms with Gasteiger partial charge in [-0.15, -0.1) is 0 Å². The van der Waals surface area contributed by atoms with Crippen LogP contribution in [0, 0.1) is 6.92 Å². The van der Waals surface area contributed by atoms with Crippen molar-refractivity contribution >= 4 is 11.6 Å². The van der Waals surface area contributed by atoms with Gasteiger partial charge in [-0.3, -0.25) is 4.79 Å². The standard InChI is InChI=1S/C12H16N2O2/c1-8-5-9(3-4-13)12-10(6-8)14(2)11(15)7-16-12/h5-6H,3-4,7,13H2,1-2H3. The minimum Gasteiger partial charge on any atom is -0.481 e. The van der Waals surface area contributed by atoms with Gasteiger partial charge in [0.15, 0.2) is 6.61 Å². The van der Waals surface area contributed by atoms with Crippen LogP contribution in [0.5, 0.6) is 5.75 Å². The van der Waals surface area contributed by atoms with E-state index in [0.717, 1.165) is 29.0 Å². The van der Waals surface area contributed by atoms with Gasteiger partial charge in [0.05, 0.1) is 5.69 Å². The van der Waals surface area contributed by atoms with E-state index in [4.69, 9.17) is 10.5 Å². The molecule has 0 aromatic heterocycles. The predicted octanol–water partition coefficient (Wildman–Crippen LogP) is 0.851. The van der Waals surface area contributed by atoms with E-state index in [9.17, 15) is 4.79 Å². The molecule has 1 aliphatic rings. The van der Waals surface area contributed by atoms with Gasteiger partial charge >= 0.3 is 0 Å². The molecule has 1 aromatic rings. The molecular weight excluding hydrogens is 204 g/mol. The van der Waals surface area contributed by atoms with Gasteiger partial charge in [0.2, 0.25) is 0 Å². The number of fused-ring (bicyclic) bond motifs is 1.